The van der Waals surface area contributed by atoms with Crippen LogP contribution in [0.15, 0.2) is 102 Å². The molecule has 0 radical (unpaired) electrons. The van der Waals surface area contributed by atoms with Crippen LogP contribution in [0.2, 0.25) is 0 Å². The molecule has 12 heteroatoms. The van der Waals surface area contributed by atoms with E-state index in [4.69, 9.17) is 14.2 Å². The monoisotopic (exact) mass is 682 g/mol. The van der Waals surface area contributed by atoms with Crippen LogP contribution in [-0.4, -0.2) is 48.8 Å². The number of rotatable bonds is 13. The van der Waals surface area contributed by atoms with Crippen molar-refractivity contribution in [2.24, 2.45) is 0 Å². The Bertz CT molecular complexity index is 1940. The normalized spacial score (nSPS) is 11.8. The first-order chi connectivity index (χ1) is 23.3. The van der Waals surface area contributed by atoms with E-state index in [9.17, 15) is 14.4 Å². The van der Waals surface area contributed by atoms with Crippen molar-refractivity contribution in [3.63, 3.8) is 0 Å². The zero-order valence-electron chi connectivity index (χ0n) is 26.7. The molecule has 1 atom stereocenters. The Hall–Kier alpha value is -5.33. The Labute approximate surface area is 286 Å². The van der Waals surface area contributed by atoms with Gasteiger partial charge in [-0.25, -0.2) is 4.98 Å². The van der Waals surface area contributed by atoms with Crippen molar-refractivity contribution < 1.29 is 28.6 Å². The number of benzene rings is 4. The molecule has 1 aromatic heterocycles. The molecule has 0 bridgehead atoms. The predicted octanol–water partition coefficient (Wildman–Crippen LogP) is 7.24. The summed E-state index contributed by atoms with van der Waals surface area (Å²) in [6, 6.07) is 26.5. The second-order valence-electron chi connectivity index (χ2n) is 10.3. The van der Waals surface area contributed by atoms with Gasteiger partial charge < -0.3 is 30.2 Å². The number of ether oxygens (including phenoxy) is 3. The van der Waals surface area contributed by atoms with Crippen LogP contribution in [0, 0.1) is 0 Å². The first kappa shape index (κ1) is 34.0. The molecule has 1 unspecified atom stereocenters. The molecule has 0 aliphatic carbocycles. The van der Waals surface area contributed by atoms with E-state index in [-0.39, 0.29) is 11.6 Å². The SMILES string of the molecule is CCOc1ccc2nc(NC(=O)C(C)Sc3ccc(NC(=O)/C(=C/c4ccc(OC)cc4OC)NC(=O)c4ccccc4)cc3)sc2c1. The van der Waals surface area contributed by atoms with Crippen LogP contribution in [0.25, 0.3) is 16.3 Å². The Morgan fingerprint density at radius 3 is 2.35 bits per heavy atom. The van der Waals surface area contributed by atoms with Crippen molar-refractivity contribution in [3.8, 4) is 17.2 Å². The average molecular weight is 683 g/mol. The summed E-state index contributed by atoms with van der Waals surface area (Å²) in [6.07, 6.45) is 1.54. The third kappa shape index (κ3) is 8.72. The van der Waals surface area contributed by atoms with Crippen LogP contribution >= 0.6 is 23.1 Å². The summed E-state index contributed by atoms with van der Waals surface area (Å²) in [5.74, 6) is 0.656. The summed E-state index contributed by atoms with van der Waals surface area (Å²) in [5.41, 5.74) is 2.27. The van der Waals surface area contributed by atoms with Gasteiger partial charge in [0.2, 0.25) is 5.91 Å². The number of aromatic nitrogens is 1. The number of thioether (sulfide) groups is 1. The zero-order chi connectivity index (χ0) is 34.0. The minimum Gasteiger partial charge on any atom is -0.497 e. The highest BCUT2D eigenvalue weighted by molar-refractivity contribution is 8.00. The molecule has 3 N–H and O–H groups in total. The number of carbonyl (C=O) groups excluding carboxylic acids is 3. The maximum Gasteiger partial charge on any atom is 0.272 e. The fourth-order valence-electron chi connectivity index (χ4n) is 4.53. The molecule has 0 saturated carbocycles. The highest BCUT2D eigenvalue weighted by Crippen LogP contribution is 2.31. The molecule has 10 nitrogen and oxygen atoms in total. The number of hydrogen-bond donors (Lipinski definition) is 3. The molecule has 0 aliphatic rings. The first-order valence-corrected chi connectivity index (χ1v) is 16.7. The van der Waals surface area contributed by atoms with E-state index in [1.54, 1.807) is 73.8 Å². The quantitative estimate of drug-likeness (QED) is 0.0876. The van der Waals surface area contributed by atoms with Crippen LogP contribution in [-0.2, 0) is 9.59 Å². The molecule has 0 fully saturated rings. The van der Waals surface area contributed by atoms with Crippen molar-refractivity contribution in [2.75, 3.05) is 31.5 Å². The summed E-state index contributed by atoms with van der Waals surface area (Å²) < 4.78 is 17.3. The van der Waals surface area contributed by atoms with Crippen molar-refractivity contribution >= 4 is 67.9 Å². The maximum absolute atomic E-state index is 13.5. The number of nitrogens with one attached hydrogen (secondary N) is 3. The number of hydrogen-bond acceptors (Lipinski definition) is 9. The zero-order valence-corrected chi connectivity index (χ0v) is 28.4. The van der Waals surface area contributed by atoms with E-state index < -0.39 is 17.1 Å². The number of amides is 3. The van der Waals surface area contributed by atoms with Crippen LogP contribution in [0.3, 0.4) is 0 Å². The summed E-state index contributed by atoms with van der Waals surface area (Å²) in [6.45, 7) is 4.31. The second-order valence-corrected chi connectivity index (χ2v) is 12.7. The molecule has 3 amide bonds. The molecule has 0 aliphatic heterocycles. The summed E-state index contributed by atoms with van der Waals surface area (Å²) in [7, 11) is 3.06. The van der Waals surface area contributed by atoms with Gasteiger partial charge in [-0.1, -0.05) is 29.5 Å². The number of anilines is 2. The van der Waals surface area contributed by atoms with Crippen molar-refractivity contribution in [2.45, 2.75) is 24.0 Å². The van der Waals surface area contributed by atoms with E-state index in [0.717, 1.165) is 20.9 Å². The number of methoxy groups -OCH3 is 2. The number of carbonyl (C=O) groups is 3. The smallest absolute Gasteiger partial charge is 0.272 e. The van der Waals surface area contributed by atoms with Crippen LogP contribution in [0.1, 0.15) is 29.8 Å². The lowest BCUT2D eigenvalue weighted by atomic mass is 10.1. The van der Waals surface area contributed by atoms with Crippen molar-refractivity contribution in [1.29, 1.82) is 0 Å². The fraction of sp³-hybridized carbons (Fsp3) is 0.167. The van der Waals surface area contributed by atoms with Gasteiger partial charge in [-0.2, -0.15) is 0 Å². The van der Waals surface area contributed by atoms with Gasteiger partial charge in [0.25, 0.3) is 11.8 Å². The lowest BCUT2D eigenvalue weighted by Crippen LogP contribution is -2.30. The van der Waals surface area contributed by atoms with Crippen LogP contribution < -0.4 is 30.2 Å². The summed E-state index contributed by atoms with van der Waals surface area (Å²) in [4.78, 5) is 44.9. The molecular weight excluding hydrogens is 649 g/mol. The molecule has 1 heterocycles. The highest BCUT2D eigenvalue weighted by Gasteiger charge is 2.19. The Balaban J connectivity index is 1.26. The number of nitrogens with zero attached hydrogens (tertiary/aromatic N) is 1. The lowest BCUT2D eigenvalue weighted by molar-refractivity contribution is -0.115. The molecule has 246 valence electrons. The van der Waals surface area contributed by atoms with Crippen LogP contribution in [0.5, 0.6) is 17.2 Å². The lowest BCUT2D eigenvalue weighted by Gasteiger charge is -2.14. The minimum atomic E-state index is -0.533. The van der Waals surface area contributed by atoms with Gasteiger partial charge in [0, 0.05) is 27.8 Å². The minimum absolute atomic E-state index is 0.0139. The molecule has 5 aromatic rings. The Morgan fingerprint density at radius 2 is 1.65 bits per heavy atom. The summed E-state index contributed by atoms with van der Waals surface area (Å²) in [5, 5.41) is 8.59. The highest BCUT2D eigenvalue weighted by atomic mass is 32.2. The fourth-order valence-corrected chi connectivity index (χ4v) is 6.30. The Morgan fingerprint density at radius 1 is 0.896 bits per heavy atom. The molecule has 5 rings (SSSR count). The van der Waals surface area contributed by atoms with Crippen molar-refractivity contribution in [1.82, 2.24) is 10.3 Å². The van der Waals surface area contributed by atoms with Gasteiger partial charge in [-0.15, -0.1) is 11.8 Å². The van der Waals surface area contributed by atoms with Gasteiger partial charge in [0.1, 0.15) is 22.9 Å². The number of fused-ring (bicyclic) bond motifs is 1. The summed E-state index contributed by atoms with van der Waals surface area (Å²) >= 11 is 2.76. The predicted molar refractivity (Wildman–Crippen MR) is 191 cm³/mol. The van der Waals surface area contributed by atoms with E-state index >= 15 is 0 Å². The van der Waals surface area contributed by atoms with E-state index in [1.807, 2.05) is 44.2 Å². The van der Waals surface area contributed by atoms with Crippen molar-refractivity contribution in [3.05, 3.63) is 108 Å². The molecule has 0 saturated heterocycles. The molecule has 0 spiro atoms. The molecule has 4 aromatic carbocycles. The van der Waals surface area contributed by atoms with Gasteiger partial charge in [0.05, 0.1) is 36.3 Å². The largest absolute Gasteiger partial charge is 0.497 e. The van der Waals surface area contributed by atoms with E-state index in [1.165, 1.54) is 30.2 Å². The second kappa shape index (κ2) is 16.0. The Kier molecular flexibility index (Phi) is 11.3. The van der Waals surface area contributed by atoms with E-state index in [2.05, 4.69) is 20.9 Å². The van der Waals surface area contributed by atoms with Gasteiger partial charge in [-0.3, -0.25) is 14.4 Å². The van der Waals surface area contributed by atoms with Gasteiger partial charge in [0.15, 0.2) is 5.13 Å². The molecule has 48 heavy (non-hydrogen) atoms. The maximum atomic E-state index is 13.5. The van der Waals surface area contributed by atoms with Gasteiger partial charge in [-0.05, 0) is 86.7 Å². The average Bonchev–Trinajstić information content (AvgIpc) is 3.50. The van der Waals surface area contributed by atoms with E-state index in [0.29, 0.717) is 40.1 Å². The molecular formula is C36H34N4O6S2. The third-order valence-electron chi connectivity index (χ3n) is 6.96. The first-order valence-electron chi connectivity index (χ1n) is 15.0. The topological polar surface area (TPSA) is 128 Å². The number of thiazole rings is 1. The standard InChI is InChI=1S/C36H34N4O6S2/c1-5-46-27-15-18-29-32(21-27)48-36(39-29)40-33(41)22(2)47-28-16-12-25(13-17-28)37-35(43)30(38-34(42)23-9-7-6-8-10-23)19-24-11-14-26(44-3)20-31(24)45-4/h6-22H,5H2,1-4H3,(H,37,43)(H,38,42)(H,39,40,41)/b30-19-. The van der Waals surface area contributed by atoms with Gasteiger partial charge >= 0.3 is 0 Å². The van der Waals surface area contributed by atoms with Crippen LogP contribution in [0.4, 0.5) is 10.8 Å². The third-order valence-corrected chi connectivity index (χ3v) is 9.01.